The lowest BCUT2D eigenvalue weighted by molar-refractivity contribution is -0.122. The Kier molecular flexibility index (Phi) is 3.36. The molecule has 3 heteroatoms. The summed E-state index contributed by atoms with van der Waals surface area (Å²) < 4.78 is 5.18. The quantitative estimate of drug-likeness (QED) is 0.635. The molecular formula is C8H15NO2. The van der Waals surface area contributed by atoms with E-state index in [1.807, 2.05) is 0 Å². The predicted octanol–water partition coefficient (Wildman–Crippen LogP) is 0.549. The third kappa shape index (κ3) is 2.89. The van der Waals surface area contributed by atoms with E-state index in [1.165, 1.54) is 0 Å². The Labute approximate surface area is 67.1 Å². The van der Waals surface area contributed by atoms with E-state index in [0.29, 0.717) is 12.3 Å². The first-order valence-corrected chi connectivity index (χ1v) is 4.11. The Morgan fingerprint density at radius 3 is 2.73 bits per heavy atom. The molecule has 0 aromatic heterocycles. The van der Waals surface area contributed by atoms with Gasteiger partial charge in [0.1, 0.15) is 0 Å². The minimum Gasteiger partial charge on any atom is -0.381 e. The number of hydrogen-bond donors (Lipinski definition) is 1. The summed E-state index contributed by atoms with van der Waals surface area (Å²) in [4.78, 5) is 10.9. The summed E-state index contributed by atoms with van der Waals surface area (Å²) in [6.45, 7) is 1.64. The molecule has 0 saturated carbocycles. The predicted molar refractivity (Wildman–Crippen MR) is 42.2 cm³/mol. The molecule has 0 spiro atoms. The maximum Gasteiger partial charge on any atom is 0.220 e. The first kappa shape index (κ1) is 8.53. The zero-order valence-corrected chi connectivity index (χ0v) is 6.93. The molecule has 1 aliphatic rings. The minimum atomic E-state index is 0.150. The summed E-state index contributed by atoms with van der Waals surface area (Å²) in [5, 5.41) is 2.63. The minimum absolute atomic E-state index is 0.150. The van der Waals surface area contributed by atoms with Crippen LogP contribution >= 0.6 is 0 Å². The molecule has 1 fully saturated rings. The molecular weight excluding hydrogens is 142 g/mol. The lowest BCUT2D eigenvalue weighted by atomic mass is 9.96. The van der Waals surface area contributed by atoms with Gasteiger partial charge in [-0.2, -0.15) is 0 Å². The van der Waals surface area contributed by atoms with Gasteiger partial charge in [-0.1, -0.05) is 0 Å². The Balaban J connectivity index is 2.19. The summed E-state index contributed by atoms with van der Waals surface area (Å²) >= 11 is 0. The molecule has 0 aliphatic carbocycles. The molecule has 1 N–H and O–H groups in total. The van der Waals surface area contributed by atoms with Crippen molar-refractivity contribution in [3.63, 3.8) is 0 Å². The summed E-state index contributed by atoms with van der Waals surface area (Å²) in [6.07, 6.45) is 2.74. The summed E-state index contributed by atoms with van der Waals surface area (Å²) in [7, 11) is 1.68. The van der Waals surface area contributed by atoms with Crippen molar-refractivity contribution in [3.05, 3.63) is 0 Å². The van der Waals surface area contributed by atoms with Gasteiger partial charge in [0, 0.05) is 26.7 Å². The van der Waals surface area contributed by atoms with Gasteiger partial charge in [-0.3, -0.25) is 4.79 Å². The van der Waals surface area contributed by atoms with Crippen LogP contribution in [0, 0.1) is 5.92 Å². The lowest BCUT2D eigenvalue weighted by Gasteiger charge is -2.20. The van der Waals surface area contributed by atoms with E-state index in [9.17, 15) is 4.79 Å². The van der Waals surface area contributed by atoms with Crippen LogP contribution in [0.25, 0.3) is 0 Å². The zero-order chi connectivity index (χ0) is 8.10. The smallest absolute Gasteiger partial charge is 0.220 e. The molecule has 0 unspecified atom stereocenters. The lowest BCUT2D eigenvalue weighted by Crippen LogP contribution is -2.24. The van der Waals surface area contributed by atoms with Gasteiger partial charge < -0.3 is 10.1 Å². The van der Waals surface area contributed by atoms with Gasteiger partial charge in [-0.25, -0.2) is 0 Å². The Hall–Kier alpha value is -0.570. The Morgan fingerprint density at radius 1 is 1.55 bits per heavy atom. The van der Waals surface area contributed by atoms with E-state index in [0.717, 1.165) is 26.1 Å². The van der Waals surface area contributed by atoms with Crippen LogP contribution in [-0.4, -0.2) is 26.2 Å². The van der Waals surface area contributed by atoms with Crippen molar-refractivity contribution in [3.8, 4) is 0 Å². The van der Waals surface area contributed by atoms with Gasteiger partial charge in [0.2, 0.25) is 5.91 Å². The fraction of sp³-hybridized carbons (Fsp3) is 0.875. The first-order valence-electron chi connectivity index (χ1n) is 4.11. The molecule has 3 nitrogen and oxygen atoms in total. The number of amides is 1. The molecule has 0 radical (unpaired) electrons. The van der Waals surface area contributed by atoms with Crippen molar-refractivity contribution in [1.82, 2.24) is 5.32 Å². The maximum atomic E-state index is 10.9. The maximum absolute atomic E-state index is 10.9. The molecule has 1 aliphatic heterocycles. The van der Waals surface area contributed by atoms with Crippen LogP contribution in [0.4, 0.5) is 0 Å². The van der Waals surface area contributed by atoms with E-state index in [4.69, 9.17) is 4.74 Å². The topological polar surface area (TPSA) is 38.3 Å². The summed E-state index contributed by atoms with van der Waals surface area (Å²) in [6, 6.07) is 0. The number of carbonyl (C=O) groups is 1. The van der Waals surface area contributed by atoms with E-state index in [-0.39, 0.29) is 5.91 Å². The SMILES string of the molecule is CNC(=O)CC1CCOCC1. The van der Waals surface area contributed by atoms with Gasteiger partial charge in [0.15, 0.2) is 0 Å². The summed E-state index contributed by atoms with van der Waals surface area (Å²) in [5.41, 5.74) is 0. The van der Waals surface area contributed by atoms with Gasteiger partial charge in [-0.15, -0.1) is 0 Å². The van der Waals surface area contributed by atoms with E-state index in [1.54, 1.807) is 7.05 Å². The van der Waals surface area contributed by atoms with E-state index >= 15 is 0 Å². The Morgan fingerprint density at radius 2 is 2.18 bits per heavy atom. The molecule has 1 heterocycles. The van der Waals surface area contributed by atoms with Gasteiger partial charge in [-0.05, 0) is 18.8 Å². The van der Waals surface area contributed by atoms with Gasteiger partial charge in [0.05, 0.1) is 0 Å². The highest BCUT2D eigenvalue weighted by Crippen LogP contribution is 2.17. The fourth-order valence-corrected chi connectivity index (χ4v) is 1.31. The average Bonchev–Trinajstić information content (AvgIpc) is 2.06. The van der Waals surface area contributed by atoms with E-state index in [2.05, 4.69) is 5.32 Å². The molecule has 1 rings (SSSR count). The van der Waals surface area contributed by atoms with Crippen LogP contribution in [0.1, 0.15) is 19.3 Å². The van der Waals surface area contributed by atoms with Crippen LogP contribution in [0.3, 0.4) is 0 Å². The van der Waals surface area contributed by atoms with Crippen molar-refractivity contribution in [1.29, 1.82) is 0 Å². The molecule has 11 heavy (non-hydrogen) atoms. The third-order valence-electron chi connectivity index (χ3n) is 2.09. The molecule has 1 saturated heterocycles. The first-order chi connectivity index (χ1) is 5.33. The molecule has 0 aromatic rings. The van der Waals surface area contributed by atoms with Crippen LogP contribution in [-0.2, 0) is 9.53 Å². The second-order valence-corrected chi connectivity index (χ2v) is 2.93. The van der Waals surface area contributed by atoms with Crippen molar-refractivity contribution >= 4 is 5.91 Å². The van der Waals surface area contributed by atoms with Gasteiger partial charge in [0.25, 0.3) is 0 Å². The van der Waals surface area contributed by atoms with Crippen LogP contribution in [0.15, 0.2) is 0 Å². The highest BCUT2D eigenvalue weighted by Gasteiger charge is 2.16. The second-order valence-electron chi connectivity index (χ2n) is 2.93. The standard InChI is InChI=1S/C8H15NO2/c1-9-8(10)6-7-2-4-11-5-3-7/h7H,2-6H2,1H3,(H,9,10). The largest absolute Gasteiger partial charge is 0.381 e. The molecule has 0 aromatic carbocycles. The molecule has 1 amide bonds. The molecule has 0 bridgehead atoms. The van der Waals surface area contributed by atoms with Crippen molar-refractivity contribution in [2.24, 2.45) is 5.92 Å². The number of rotatable bonds is 2. The van der Waals surface area contributed by atoms with Crippen LogP contribution in [0.2, 0.25) is 0 Å². The molecule has 64 valence electrons. The number of ether oxygens (including phenoxy) is 1. The normalized spacial score (nSPS) is 19.7. The zero-order valence-electron chi connectivity index (χ0n) is 6.93. The number of hydrogen-bond acceptors (Lipinski definition) is 2. The summed E-state index contributed by atoms with van der Waals surface area (Å²) in [5.74, 6) is 0.695. The highest BCUT2D eigenvalue weighted by molar-refractivity contribution is 5.75. The highest BCUT2D eigenvalue weighted by atomic mass is 16.5. The fourth-order valence-electron chi connectivity index (χ4n) is 1.31. The van der Waals surface area contributed by atoms with E-state index < -0.39 is 0 Å². The van der Waals surface area contributed by atoms with Crippen LogP contribution in [0.5, 0.6) is 0 Å². The van der Waals surface area contributed by atoms with Gasteiger partial charge >= 0.3 is 0 Å². The number of nitrogens with one attached hydrogen (secondary N) is 1. The van der Waals surface area contributed by atoms with Crippen molar-refractivity contribution in [2.75, 3.05) is 20.3 Å². The average molecular weight is 157 g/mol. The number of carbonyl (C=O) groups excluding carboxylic acids is 1. The van der Waals surface area contributed by atoms with Crippen LogP contribution < -0.4 is 5.32 Å². The monoisotopic (exact) mass is 157 g/mol. The molecule has 0 atom stereocenters. The van der Waals surface area contributed by atoms with Crippen molar-refractivity contribution in [2.45, 2.75) is 19.3 Å². The Bertz CT molecular complexity index is 130. The third-order valence-corrected chi connectivity index (χ3v) is 2.09. The van der Waals surface area contributed by atoms with Crippen molar-refractivity contribution < 1.29 is 9.53 Å². The second kappa shape index (κ2) is 4.34.